The Morgan fingerprint density at radius 2 is 1.52 bits per heavy atom. The standard InChI is InChI=1S/C20H18N4O3/c1-27-17-8-6-14(7-9-17)18(25)16-11-23-20(24-12-16)22-10-13-2-4-15(5-3-13)19(21)26/h2-9,11-12H,10H2,1H3,(H2,21,26)(H,22,23,24). The minimum atomic E-state index is -0.463. The summed E-state index contributed by atoms with van der Waals surface area (Å²) in [5.41, 5.74) is 7.55. The Bertz CT molecular complexity index is 936. The lowest BCUT2D eigenvalue weighted by Crippen LogP contribution is -2.11. The largest absolute Gasteiger partial charge is 0.497 e. The number of rotatable bonds is 7. The van der Waals surface area contributed by atoms with Gasteiger partial charge in [-0.05, 0) is 42.0 Å². The van der Waals surface area contributed by atoms with Crippen LogP contribution in [0.5, 0.6) is 5.75 Å². The molecule has 0 spiro atoms. The predicted molar refractivity (Wildman–Crippen MR) is 101 cm³/mol. The summed E-state index contributed by atoms with van der Waals surface area (Å²) in [5, 5.41) is 3.06. The fourth-order valence-corrected chi connectivity index (χ4v) is 2.41. The van der Waals surface area contributed by atoms with Crippen molar-refractivity contribution in [1.29, 1.82) is 0 Å². The molecule has 3 rings (SSSR count). The van der Waals surface area contributed by atoms with Crippen molar-refractivity contribution in [2.24, 2.45) is 5.73 Å². The number of primary amides is 1. The molecular formula is C20H18N4O3. The van der Waals surface area contributed by atoms with Crippen LogP contribution in [0.3, 0.4) is 0 Å². The van der Waals surface area contributed by atoms with Crippen molar-refractivity contribution in [1.82, 2.24) is 9.97 Å². The van der Waals surface area contributed by atoms with E-state index in [4.69, 9.17) is 10.5 Å². The number of methoxy groups -OCH3 is 1. The number of hydrogen-bond acceptors (Lipinski definition) is 6. The highest BCUT2D eigenvalue weighted by molar-refractivity contribution is 6.08. The fourth-order valence-electron chi connectivity index (χ4n) is 2.41. The van der Waals surface area contributed by atoms with Crippen molar-refractivity contribution in [2.75, 3.05) is 12.4 Å². The highest BCUT2D eigenvalue weighted by Crippen LogP contribution is 2.15. The van der Waals surface area contributed by atoms with Crippen molar-refractivity contribution < 1.29 is 14.3 Å². The zero-order valence-corrected chi connectivity index (χ0v) is 14.7. The van der Waals surface area contributed by atoms with E-state index in [-0.39, 0.29) is 5.78 Å². The topological polar surface area (TPSA) is 107 Å². The van der Waals surface area contributed by atoms with E-state index in [2.05, 4.69) is 15.3 Å². The van der Waals surface area contributed by atoms with E-state index in [0.717, 1.165) is 5.56 Å². The molecule has 2 aromatic carbocycles. The lowest BCUT2D eigenvalue weighted by atomic mass is 10.1. The number of nitrogens with zero attached hydrogens (tertiary/aromatic N) is 2. The molecule has 0 saturated carbocycles. The minimum Gasteiger partial charge on any atom is -0.497 e. The number of ketones is 1. The minimum absolute atomic E-state index is 0.161. The molecule has 0 bridgehead atoms. The normalized spacial score (nSPS) is 10.3. The third-order valence-electron chi connectivity index (χ3n) is 3.96. The average Bonchev–Trinajstić information content (AvgIpc) is 2.72. The maximum atomic E-state index is 12.4. The van der Waals surface area contributed by atoms with Gasteiger partial charge in [0.1, 0.15) is 5.75 Å². The zero-order chi connectivity index (χ0) is 19.2. The quantitative estimate of drug-likeness (QED) is 0.625. The first-order chi connectivity index (χ1) is 13.1. The molecule has 0 aliphatic heterocycles. The number of carbonyl (C=O) groups is 2. The number of carbonyl (C=O) groups excluding carboxylic acids is 2. The van der Waals surface area contributed by atoms with Crippen molar-refractivity contribution in [2.45, 2.75) is 6.54 Å². The van der Waals surface area contributed by atoms with Gasteiger partial charge in [0.25, 0.3) is 0 Å². The van der Waals surface area contributed by atoms with Gasteiger partial charge in [0.15, 0.2) is 5.78 Å². The molecule has 0 radical (unpaired) electrons. The fraction of sp³-hybridized carbons (Fsp3) is 0.100. The number of ether oxygens (including phenoxy) is 1. The second-order valence-electron chi connectivity index (χ2n) is 5.77. The molecule has 0 aliphatic carbocycles. The van der Waals surface area contributed by atoms with Crippen LogP contribution in [0, 0.1) is 0 Å². The van der Waals surface area contributed by atoms with Gasteiger partial charge >= 0.3 is 0 Å². The Hall–Kier alpha value is -3.74. The molecule has 7 heteroatoms. The van der Waals surface area contributed by atoms with Crippen LogP contribution >= 0.6 is 0 Å². The maximum absolute atomic E-state index is 12.4. The molecule has 0 fully saturated rings. The van der Waals surface area contributed by atoms with Crippen LogP contribution in [0.4, 0.5) is 5.95 Å². The second kappa shape index (κ2) is 8.09. The van der Waals surface area contributed by atoms with E-state index in [1.165, 1.54) is 12.4 Å². The summed E-state index contributed by atoms with van der Waals surface area (Å²) in [6, 6.07) is 13.8. The first kappa shape index (κ1) is 18.1. The average molecular weight is 362 g/mol. The highest BCUT2D eigenvalue weighted by atomic mass is 16.5. The van der Waals surface area contributed by atoms with Gasteiger partial charge in [0.05, 0.1) is 12.7 Å². The SMILES string of the molecule is COc1ccc(C(=O)c2cnc(NCc3ccc(C(N)=O)cc3)nc2)cc1. The molecule has 1 heterocycles. The lowest BCUT2D eigenvalue weighted by Gasteiger charge is -2.06. The lowest BCUT2D eigenvalue weighted by molar-refractivity contribution is 0.0998. The first-order valence-electron chi connectivity index (χ1n) is 8.20. The van der Waals surface area contributed by atoms with Gasteiger partial charge in [-0.2, -0.15) is 0 Å². The van der Waals surface area contributed by atoms with Gasteiger partial charge in [-0.15, -0.1) is 0 Å². The van der Waals surface area contributed by atoms with E-state index in [9.17, 15) is 9.59 Å². The Morgan fingerprint density at radius 3 is 2.07 bits per heavy atom. The predicted octanol–water partition coefficient (Wildman–Crippen LogP) is 2.43. The van der Waals surface area contributed by atoms with Crippen LogP contribution in [0.2, 0.25) is 0 Å². The zero-order valence-electron chi connectivity index (χ0n) is 14.7. The molecule has 3 N–H and O–H groups in total. The highest BCUT2D eigenvalue weighted by Gasteiger charge is 2.10. The number of amides is 1. The Kier molecular flexibility index (Phi) is 5.41. The van der Waals surface area contributed by atoms with E-state index < -0.39 is 5.91 Å². The summed E-state index contributed by atoms with van der Waals surface area (Å²) < 4.78 is 5.08. The van der Waals surface area contributed by atoms with Crippen molar-refractivity contribution in [3.05, 3.63) is 83.2 Å². The molecule has 0 atom stereocenters. The van der Waals surface area contributed by atoms with Crippen LogP contribution in [0.25, 0.3) is 0 Å². The van der Waals surface area contributed by atoms with Gasteiger partial charge in [-0.3, -0.25) is 9.59 Å². The first-order valence-corrected chi connectivity index (χ1v) is 8.20. The van der Waals surface area contributed by atoms with Gasteiger partial charge < -0.3 is 15.8 Å². The number of nitrogens with one attached hydrogen (secondary N) is 1. The number of aromatic nitrogens is 2. The van der Waals surface area contributed by atoms with Gasteiger partial charge in [-0.1, -0.05) is 12.1 Å². The van der Waals surface area contributed by atoms with Crippen molar-refractivity contribution in [3.8, 4) is 5.75 Å². The third-order valence-corrected chi connectivity index (χ3v) is 3.96. The third kappa shape index (κ3) is 4.46. The molecule has 0 unspecified atom stereocenters. The summed E-state index contributed by atoms with van der Waals surface area (Å²) in [6.07, 6.45) is 2.97. The van der Waals surface area contributed by atoms with E-state index >= 15 is 0 Å². The van der Waals surface area contributed by atoms with E-state index in [0.29, 0.717) is 34.9 Å². The summed E-state index contributed by atoms with van der Waals surface area (Å²) in [4.78, 5) is 31.9. The van der Waals surface area contributed by atoms with Crippen LogP contribution in [0.15, 0.2) is 60.9 Å². The second-order valence-corrected chi connectivity index (χ2v) is 5.77. The van der Waals surface area contributed by atoms with E-state index in [1.54, 1.807) is 55.6 Å². The number of nitrogens with two attached hydrogens (primary N) is 1. The monoisotopic (exact) mass is 362 g/mol. The van der Waals surface area contributed by atoms with Crippen LogP contribution in [-0.4, -0.2) is 28.8 Å². The summed E-state index contributed by atoms with van der Waals surface area (Å²) in [5.74, 6) is 0.465. The number of anilines is 1. The molecule has 0 saturated heterocycles. The number of hydrogen-bond donors (Lipinski definition) is 2. The van der Waals surface area contributed by atoms with Crippen molar-refractivity contribution >= 4 is 17.6 Å². The molecule has 3 aromatic rings. The molecule has 1 amide bonds. The van der Waals surface area contributed by atoms with Gasteiger partial charge in [0, 0.05) is 30.1 Å². The number of benzene rings is 2. The Morgan fingerprint density at radius 1 is 0.926 bits per heavy atom. The Labute approximate surface area is 156 Å². The molecule has 1 aromatic heterocycles. The van der Waals surface area contributed by atoms with Crippen LogP contribution in [0.1, 0.15) is 31.8 Å². The summed E-state index contributed by atoms with van der Waals surface area (Å²) in [6.45, 7) is 0.477. The summed E-state index contributed by atoms with van der Waals surface area (Å²) in [7, 11) is 1.57. The van der Waals surface area contributed by atoms with Crippen LogP contribution < -0.4 is 15.8 Å². The Balaban J connectivity index is 1.62. The smallest absolute Gasteiger partial charge is 0.248 e. The molecule has 0 aliphatic rings. The van der Waals surface area contributed by atoms with Crippen LogP contribution in [-0.2, 0) is 6.54 Å². The molecule has 27 heavy (non-hydrogen) atoms. The van der Waals surface area contributed by atoms with Crippen molar-refractivity contribution in [3.63, 3.8) is 0 Å². The molecule has 136 valence electrons. The van der Waals surface area contributed by atoms with Gasteiger partial charge in [-0.25, -0.2) is 9.97 Å². The molecular weight excluding hydrogens is 344 g/mol. The van der Waals surface area contributed by atoms with Gasteiger partial charge in [0.2, 0.25) is 11.9 Å². The summed E-state index contributed by atoms with van der Waals surface area (Å²) >= 11 is 0. The maximum Gasteiger partial charge on any atom is 0.248 e. The molecule has 7 nitrogen and oxygen atoms in total. The van der Waals surface area contributed by atoms with E-state index in [1.807, 2.05) is 0 Å².